The molecular weight excluding hydrogens is 192 g/mol. The highest BCUT2D eigenvalue weighted by molar-refractivity contribution is 7.11. The summed E-state index contributed by atoms with van der Waals surface area (Å²) in [6.45, 7) is -0.326. The molecule has 5 nitrogen and oxygen atoms in total. The van der Waals surface area contributed by atoms with Gasteiger partial charge in [-0.15, -0.1) is 11.3 Å². The highest BCUT2D eigenvalue weighted by Crippen LogP contribution is 2.02. The van der Waals surface area contributed by atoms with E-state index in [2.05, 4.69) is 10.3 Å². The maximum Gasteiger partial charge on any atom is 0.280 e. The van der Waals surface area contributed by atoms with E-state index in [-0.39, 0.29) is 19.1 Å². The monoisotopic (exact) mass is 202 g/mol. The van der Waals surface area contributed by atoms with Gasteiger partial charge in [-0.1, -0.05) is 0 Å². The zero-order valence-electron chi connectivity index (χ0n) is 6.80. The first-order chi connectivity index (χ1) is 6.24. The molecule has 3 N–H and O–H groups in total. The topological polar surface area (TPSA) is 82.5 Å². The van der Waals surface area contributed by atoms with E-state index in [4.69, 9.17) is 10.2 Å². The van der Waals surface area contributed by atoms with Gasteiger partial charge in [-0.05, 0) is 0 Å². The molecule has 13 heavy (non-hydrogen) atoms. The fourth-order valence-electron chi connectivity index (χ4n) is 0.686. The normalized spacial score (nSPS) is 12.5. The Morgan fingerprint density at radius 1 is 1.77 bits per heavy atom. The number of rotatable bonds is 4. The predicted octanol–water partition coefficient (Wildman–Crippen LogP) is -0.774. The van der Waals surface area contributed by atoms with Crippen LogP contribution in [0.3, 0.4) is 0 Å². The number of aliphatic hydroxyl groups is 2. The summed E-state index contributed by atoms with van der Waals surface area (Å²) in [6, 6.07) is 0. The number of carbonyl (C=O) groups excluding carboxylic acids is 1. The average Bonchev–Trinajstić information content (AvgIpc) is 2.66. The molecule has 0 radical (unpaired) electrons. The van der Waals surface area contributed by atoms with Gasteiger partial charge < -0.3 is 15.5 Å². The summed E-state index contributed by atoms with van der Waals surface area (Å²) in [5.74, 6) is -0.331. The summed E-state index contributed by atoms with van der Waals surface area (Å²) >= 11 is 1.22. The minimum absolute atomic E-state index is 0.0366. The fraction of sp³-hybridized carbons (Fsp3) is 0.429. The third-order valence-corrected chi connectivity index (χ3v) is 2.11. The van der Waals surface area contributed by atoms with E-state index in [1.54, 1.807) is 5.38 Å². The molecule has 1 rings (SSSR count). The van der Waals surface area contributed by atoms with Crippen molar-refractivity contribution in [2.75, 3.05) is 13.2 Å². The van der Waals surface area contributed by atoms with Crippen LogP contribution in [0.5, 0.6) is 0 Å². The molecule has 0 aliphatic rings. The molecule has 0 spiro atoms. The van der Waals surface area contributed by atoms with Gasteiger partial charge in [0.05, 0.1) is 12.7 Å². The van der Waals surface area contributed by atoms with Crippen molar-refractivity contribution in [1.29, 1.82) is 0 Å². The van der Waals surface area contributed by atoms with Crippen molar-refractivity contribution in [2.45, 2.75) is 6.10 Å². The van der Waals surface area contributed by atoms with Gasteiger partial charge in [0.25, 0.3) is 5.91 Å². The quantitative estimate of drug-likeness (QED) is 0.598. The van der Waals surface area contributed by atoms with E-state index in [1.807, 2.05) is 0 Å². The lowest BCUT2D eigenvalue weighted by Gasteiger charge is -2.06. The van der Waals surface area contributed by atoms with Gasteiger partial charge in [0.2, 0.25) is 0 Å². The Labute approximate surface area is 79.1 Å². The fourth-order valence-corrected chi connectivity index (χ4v) is 1.24. The van der Waals surface area contributed by atoms with Crippen LogP contribution in [0.4, 0.5) is 0 Å². The Morgan fingerprint density at radius 3 is 3.08 bits per heavy atom. The molecule has 1 aromatic rings. The van der Waals surface area contributed by atoms with Gasteiger partial charge >= 0.3 is 0 Å². The van der Waals surface area contributed by atoms with Gasteiger partial charge in [-0.25, -0.2) is 4.98 Å². The van der Waals surface area contributed by atoms with Crippen molar-refractivity contribution < 1.29 is 15.0 Å². The molecule has 0 saturated carbocycles. The van der Waals surface area contributed by atoms with Crippen LogP contribution >= 0.6 is 11.3 Å². The van der Waals surface area contributed by atoms with Crippen molar-refractivity contribution in [1.82, 2.24) is 10.3 Å². The number of hydrogen-bond donors (Lipinski definition) is 3. The Kier molecular flexibility index (Phi) is 3.81. The van der Waals surface area contributed by atoms with Crippen LogP contribution in [-0.2, 0) is 0 Å². The van der Waals surface area contributed by atoms with Gasteiger partial charge in [0, 0.05) is 18.1 Å². The molecule has 1 heterocycles. The number of amides is 1. The van der Waals surface area contributed by atoms with Crippen molar-refractivity contribution in [3.8, 4) is 0 Å². The lowest BCUT2D eigenvalue weighted by atomic mass is 10.4. The van der Waals surface area contributed by atoms with Crippen molar-refractivity contribution in [3.05, 3.63) is 16.6 Å². The number of aliphatic hydroxyl groups excluding tert-OH is 2. The van der Waals surface area contributed by atoms with Crippen LogP contribution in [0.25, 0.3) is 0 Å². The highest BCUT2D eigenvalue weighted by Gasteiger charge is 2.09. The Morgan fingerprint density at radius 2 is 2.54 bits per heavy atom. The molecule has 0 aliphatic heterocycles. The molecule has 1 atom stereocenters. The summed E-state index contributed by atoms with van der Waals surface area (Å²) in [5, 5.41) is 21.9. The van der Waals surface area contributed by atoms with Crippen molar-refractivity contribution >= 4 is 17.2 Å². The molecule has 0 unspecified atom stereocenters. The maximum absolute atomic E-state index is 11.2. The molecular formula is C7H10N2O3S. The second-order valence-electron chi connectivity index (χ2n) is 2.38. The smallest absolute Gasteiger partial charge is 0.280 e. The second-order valence-corrected chi connectivity index (χ2v) is 3.28. The zero-order chi connectivity index (χ0) is 9.68. The summed E-state index contributed by atoms with van der Waals surface area (Å²) in [6.07, 6.45) is 0.617. The van der Waals surface area contributed by atoms with Gasteiger partial charge in [-0.2, -0.15) is 0 Å². The van der Waals surface area contributed by atoms with Gasteiger partial charge in [0.1, 0.15) is 0 Å². The number of aromatic nitrogens is 1. The Balaban J connectivity index is 2.35. The van der Waals surface area contributed by atoms with E-state index in [1.165, 1.54) is 17.5 Å². The number of nitrogens with zero attached hydrogens (tertiary/aromatic N) is 1. The molecule has 72 valence electrons. The van der Waals surface area contributed by atoms with Crippen LogP contribution in [0.1, 0.15) is 9.80 Å². The molecule has 6 heteroatoms. The zero-order valence-corrected chi connectivity index (χ0v) is 7.62. The van der Waals surface area contributed by atoms with E-state index in [0.29, 0.717) is 5.01 Å². The maximum atomic E-state index is 11.2. The molecule has 0 aliphatic carbocycles. The molecule has 0 aromatic carbocycles. The van der Waals surface area contributed by atoms with E-state index >= 15 is 0 Å². The summed E-state index contributed by atoms with van der Waals surface area (Å²) in [4.78, 5) is 15.0. The second kappa shape index (κ2) is 4.90. The van der Waals surface area contributed by atoms with Crippen molar-refractivity contribution in [3.63, 3.8) is 0 Å². The summed E-state index contributed by atoms with van der Waals surface area (Å²) in [5.41, 5.74) is 0. The lowest BCUT2D eigenvalue weighted by molar-refractivity contribution is 0.0802. The first kappa shape index (κ1) is 10.1. The minimum atomic E-state index is -0.913. The first-order valence-corrected chi connectivity index (χ1v) is 4.58. The number of nitrogens with one attached hydrogen (secondary N) is 1. The van der Waals surface area contributed by atoms with Crippen LogP contribution < -0.4 is 5.32 Å². The van der Waals surface area contributed by atoms with Gasteiger partial charge in [0.15, 0.2) is 5.01 Å². The summed E-state index contributed by atoms with van der Waals surface area (Å²) < 4.78 is 0. The standard InChI is InChI=1S/C7H10N2O3S/c10-4-5(11)3-9-6(12)7-8-1-2-13-7/h1-2,5,10-11H,3-4H2,(H,9,12)/t5-/m1/s1. The summed E-state index contributed by atoms with van der Waals surface area (Å²) in [7, 11) is 0. The number of hydrogen-bond acceptors (Lipinski definition) is 5. The van der Waals surface area contributed by atoms with Crippen molar-refractivity contribution in [2.24, 2.45) is 0 Å². The minimum Gasteiger partial charge on any atom is -0.394 e. The van der Waals surface area contributed by atoms with Crippen LogP contribution in [-0.4, -0.2) is 40.4 Å². The molecule has 0 saturated heterocycles. The SMILES string of the molecule is O=C(NC[C@@H](O)CO)c1nccs1. The van der Waals surface area contributed by atoms with Crippen LogP contribution in [0, 0.1) is 0 Å². The van der Waals surface area contributed by atoms with E-state index in [0.717, 1.165) is 0 Å². The lowest BCUT2D eigenvalue weighted by Crippen LogP contribution is -2.33. The third-order valence-electron chi connectivity index (χ3n) is 1.34. The third kappa shape index (κ3) is 3.10. The van der Waals surface area contributed by atoms with E-state index < -0.39 is 6.10 Å². The predicted molar refractivity (Wildman–Crippen MR) is 47.5 cm³/mol. The molecule has 1 aromatic heterocycles. The Hall–Kier alpha value is -0.980. The molecule has 0 bridgehead atoms. The largest absolute Gasteiger partial charge is 0.394 e. The Bertz CT molecular complexity index is 263. The van der Waals surface area contributed by atoms with Crippen LogP contribution in [0.15, 0.2) is 11.6 Å². The van der Waals surface area contributed by atoms with Crippen LogP contribution in [0.2, 0.25) is 0 Å². The number of thiazole rings is 1. The number of carbonyl (C=O) groups is 1. The molecule has 0 fully saturated rings. The van der Waals surface area contributed by atoms with Gasteiger partial charge in [-0.3, -0.25) is 4.79 Å². The van der Waals surface area contributed by atoms with E-state index in [9.17, 15) is 4.79 Å². The molecule has 1 amide bonds. The first-order valence-electron chi connectivity index (χ1n) is 3.70. The highest BCUT2D eigenvalue weighted by atomic mass is 32.1. The average molecular weight is 202 g/mol.